The first kappa shape index (κ1) is 9.17. The van der Waals surface area contributed by atoms with Crippen molar-refractivity contribution >= 4 is 38.8 Å². The second-order valence-electron chi connectivity index (χ2n) is 2.26. The van der Waals surface area contributed by atoms with Crippen LogP contribution in [0.25, 0.3) is 9.88 Å². The average molecular weight is 277 g/mol. The van der Waals surface area contributed by atoms with E-state index in [9.17, 15) is 0 Å². The van der Waals surface area contributed by atoms with Gasteiger partial charge in [-0.3, -0.25) is 0 Å². The van der Waals surface area contributed by atoms with Gasteiger partial charge in [0.2, 0.25) is 0 Å². The minimum atomic E-state index is 0.790. The van der Waals surface area contributed by atoms with Gasteiger partial charge in [0.15, 0.2) is 8.92 Å². The minimum absolute atomic E-state index is 0.790. The smallest absolute Gasteiger partial charge is 0.142 e. The summed E-state index contributed by atoms with van der Waals surface area (Å²) in [6.07, 6.45) is 0.878. The van der Waals surface area contributed by atoms with Crippen LogP contribution in [0.15, 0.2) is 3.92 Å². The molecule has 0 atom stereocenters. The Balaban J connectivity index is 2.45. The molecule has 2 heterocycles. The zero-order chi connectivity index (χ0) is 9.26. The lowest BCUT2D eigenvalue weighted by Crippen LogP contribution is -1.83. The number of nitrogens with zero attached hydrogens (tertiary/aromatic N) is 4. The zero-order valence-electron chi connectivity index (χ0n) is 6.69. The Bertz CT molecular complexity index is 410. The summed E-state index contributed by atoms with van der Waals surface area (Å²) >= 11 is 6.14. The molecule has 0 amide bonds. The Kier molecular flexibility index (Phi) is 2.66. The largest absolute Gasteiger partial charge is 0.183 e. The molecule has 68 valence electrons. The molecule has 0 fully saturated rings. The fourth-order valence-electron chi connectivity index (χ4n) is 0.899. The quantitative estimate of drug-likeness (QED) is 0.845. The maximum Gasteiger partial charge on any atom is 0.183 e. The van der Waals surface area contributed by atoms with Crippen LogP contribution in [-0.2, 0) is 6.42 Å². The van der Waals surface area contributed by atoms with Crippen LogP contribution in [0.3, 0.4) is 0 Å². The summed E-state index contributed by atoms with van der Waals surface area (Å²) in [6, 6.07) is 0. The van der Waals surface area contributed by atoms with E-state index in [1.165, 1.54) is 22.9 Å². The Labute approximate surface area is 91.3 Å². The predicted octanol–water partition coefficient (Wildman–Crippen LogP) is 2.38. The van der Waals surface area contributed by atoms with E-state index in [2.05, 4.69) is 42.6 Å². The number of hydrogen-bond donors (Lipinski definition) is 0. The number of halogens is 1. The van der Waals surface area contributed by atoms with Crippen LogP contribution in [0.1, 0.15) is 12.6 Å². The summed E-state index contributed by atoms with van der Waals surface area (Å²) in [6.45, 7) is 2.05. The average Bonchev–Trinajstić information content (AvgIpc) is 2.71. The van der Waals surface area contributed by atoms with Crippen LogP contribution in [0.4, 0.5) is 0 Å². The Morgan fingerprint density at radius 1 is 1.31 bits per heavy atom. The lowest BCUT2D eigenvalue weighted by molar-refractivity contribution is 0.988. The molecule has 4 nitrogen and oxygen atoms in total. The molecule has 0 aliphatic heterocycles. The van der Waals surface area contributed by atoms with Gasteiger partial charge >= 0.3 is 0 Å². The first-order chi connectivity index (χ1) is 6.31. The van der Waals surface area contributed by atoms with E-state index in [-0.39, 0.29) is 0 Å². The molecule has 0 aliphatic rings. The van der Waals surface area contributed by atoms with Gasteiger partial charge in [0.1, 0.15) is 4.88 Å². The predicted molar refractivity (Wildman–Crippen MR) is 55.9 cm³/mol. The molecule has 7 heteroatoms. The SMILES string of the molecule is CCc1nnsc1-c1nnc(Br)s1. The van der Waals surface area contributed by atoms with Crippen molar-refractivity contribution in [1.29, 1.82) is 0 Å². The highest BCUT2D eigenvalue weighted by Crippen LogP contribution is 2.30. The monoisotopic (exact) mass is 276 g/mol. The maximum absolute atomic E-state index is 4.02. The van der Waals surface area contributed by atoms with Crippen molar-refractivity contribution in [2.75, 3.05) is 0 Å². The van der Waals surface area contributed by atoms with Crippen LogP contribution in [0.5, 0.6) is 0 Å². The van der Waals surface area contributed by atoms with Gasteiger partial charge in [0.25, 0.3) is 0 Å². The van der Waals surface area contributed by atoms with Gasteiger partial charge in [-0.05, 0) is 33.9 Å². The van der Waals surface area contributed by atoms with Crippen molar-refractivity contribution in [3.8, 4) is 9.88 Å². The first-order valence-electron chi connectivity index (χ1n) is 3.62. The van der Waals surface area contributed by atoms with E-state index < -0.39 is 0 Å². The van der Waals surface area contributed by atoms with Gasteiger partial charge in [0.05, 0.1) is 5.69 Å². The molecule has 0 saturated carbocycles. The third-order valence-corrected chi connectivity index (χ3v) is 3.76. The molecule has 0 saturated heterocycles. The summed E-state index contributed by atoms with van der Waals surface area (Å²) < 4.78 is 4.68. The standard InChI is InChI=1S/C6H5BrN4S2/c1-2-3-4(13-11-8-3)5-9-10-6(7)12-5/h2H2,1H3. The summed E-state index contributed by atoms with van der Waals surface area (Å²) in [5, 5.41) is 12.8. The molecule has 0 radical (unpaired) electrons. The topological polar surface area (TPSA) is 51.6 Å². The molecular formula is C6H5BrN4S2. The van der Waals surface area contributed by atoms with Crippen LogP contribution >= 0.6 is 38.8 Å². The lowest BCUT2D eigenvalue weighted by atomic mass is 10.3. The maximum atomic E-state index is 4.02. The van der Waals surface area contributed by atoms with E-state index in [4.69, 9.17) is 0 Å². The Hall–Kier alpha value is -0.400. The van der Waals surface area contributed by atoms with Crippen molar-refractivity contribution in [3.63, 3.8) is 0 Å². The molecule has 2 rings (SSSR count). The van der Waals surface area contributed by atoms with Crippen molar-refractivity contribution in [2.24, 2.45) is 0 Å². The van der Waals surface area contributed by atoms with Crippen molar-refractivity contribution in [1.82, 2.24) is 19.8 Å². The van der Waals surface area contributed by atoms with Gasteiger partial charge in [-0.1, -0.05) is 22.7 Å². The van der Waals surface area contributed by atoms with Gasteiger partial charge in [-0.2, -0.15) is 0 Å². The summed E-state index contributed by atoms with van der Waals surface area (Å²) in [4.78, 5) is 1.03. The van der Waals surface area contributed by atoms with E-state index in [0.29, 0.717) is 0 Å². The van der Waals surface area contributed by atoms with E-state index >= 15 is 0 Å². The fourth-order valence-corrected chi connectivity index (χ4v) is 2.84. The Morgan fingerprint density at radius 2 is 2.15 bits per heavy atom. The van der Waals surface area contributed by atoms with Gasteiger partial charge < -0.3 is 0 Å². The fraction of sp³-hybridized carbons (Fsp3) is 0.333. The minimum Gasteiger partial charge on any atom is -0.142 e. The highest BCUT2D eigenvalue weighted by Gasteiger charge is 2.12. The van der Waals surface area contributed by atoms with Crippen molar-refractivity contribution in [3.05, 3.63) is 9.61 Å². The summed E-state index contributed by atoms with van der Waals surface area (Å²) in [5.41, 5.74) is 0.994. The summed E-state index contributed by atoms with van der Waals surface area (Å²) in [5.74, 6) is 0. The number of aromatic nitrogens is 4. The molecule has 2 aromatic rings. The summed E-state index contributed by atoms with van der Waals surface area (Å²) in [7, 11) is 0. The third-order valence-electron chi connectivity index (χ3n) is 1.49. The second-order valence-corrected chi connectivity index (χ2v) is 5.27. The Morgan fingerprint density at radius 3 is 2.77 bits per heavy atom. The van der Waals surface area contributed by atoms with Crippen LogP contribution in [-0.4, -0.2) is 19.8 Å². The molecule has 0 spiro atoms. The molecule has 0 N–H and O–H groups in total. The highest BCUT2D eigenvalue weighted by atomic mass is 79.9. The molecule has 0 unspecified atom stereocenters. The van der Waals surface area contributed by atoms with Gasteiger partial charge in [-0.25, -0.2) is 0 Å². The van der Waals surface area contributed by atoms with E-state index in [1.54, 1.807) is 0 Å². The molecular weight excluding hydrogens is 272 g/mol. The van der Waals surface area contributed by atoms with E-state index in [0.717, 1.165) is 25.9 Å². The van der Waals surface area contributed by atoms with E-state index in [1.807, 2.05) is 0 Å². The number of aryl methyl sites for hydroxylation is 1. The number of rotatable bonds is 2. The molecule has 0 aromatic carbocycles. The van der Waals surface area contributed by atoms with Gasteiger partial charge in [-0.15, -0.1) is 15.3 Å². The highest BCUT2D eigenvalue weighted by molar-refractivity contribution is 9.11. The second kappa shape index (κ2) is 3.77. The van der Waals surface area contributed by atoms with Gasteiger partial charge in [0, 0.05) is 0 Å². The zero-order valence-corrected chi connectivity index (χ0v) is 9.91. The first-order valence-corrected chi connectivity index (χ1v) is 6.00. The third kappa shape index (κ3) is 1.77. The molecule has 0 bridgehead atoms. The lowest BCUT2D eigenvalue weighted by Gasteiger charge is -1.89. The number of hydrogen-bond acceptors (Lipinski definition) is 6. The van der Waals surface area contributed by atoms with Crippen LogP contribution < -0.4 is 0 Å². The normalized spacial score (nSPS) is 10.6. The molecule has 0 aliphatic carbocycles. The van der Waals surface area contributed by atoms with Crippen molar-refractivity contribution in [2.45, 2.75) is 13.3 Å². The van der Waals surface area contributed by atoms with Crippen LogP contribution in [0, 0.1) is 0 Å². The molecule has 2 aromatic heterocycles. The molecule has 13 heavy (non-hydrogen) atoms. The van der Waals surface area contributed by atoms with Crippen LogP contribution in [0.2, 0.25) is 0 Å². The van der Waals surface area contributed by atoms with Crippen molar-refractivity contribution < 1.29 is 0 Å².